The first kappa shape index (κ1) is 14.7. The molecule has 0 saturated heterocycles. The van der Waals surface area contributed by atoms with Gasteiger partial charge in [0, 0.05) is 11.9 Å². The van der Waals surface area contributed by atoms with Gasteiger partial charge in [0.05, 0.1) is 0 Å². The van der Waals surface area contributed by atoms with Crippen LogP contribution < -0.4 is 0 Å². The van der Waals surface area contributed by atoms with E-state index in [9.17, 15) is 0 Å². The summed E-state index contributed by atoms with van der Waals surface area (Å²) in [6, 6.07) is 0. The van der Waals surface area contributed by atoms with Gasteiger partial charge in [-0.3, -0.25) is 0 Å². The average molecular weight is 281 g/mol. The highest BCUT2D eigenvalue weighted by Crippen LogP contribution is 2.36. The molecule has 3 heteroatoms. The van der Waals surface area contributed by atoms with Gasteiger partial charge in [0.1, 0.15) is 0 Å². The highest BCUT2D eigenvalue weighted by Gasteiger charge is 2.37. The third-order valence-electron chi connectivity index (χ3n) is 3.28. The van der Waals surface area contributed by atoms with Crippen molar-refractivity contribution in [2.45, 2.75) is 52.2 Å². The topological polar surface area (TPSA) is 9.23 Å². The summed E-state index contributed by atoms with van der Waals surface area (Å²) in [4.78, 5) is 0. The normalized spacial score (nSPS) is 15.6. The number of alkyl halides is 1. The zero-order chi connectivity index (χ0) is 11.4. The van der Waals surface area contributed by atoms with Gasteiger partial charge in [-0.2, -0.15) is 0 Å². The fourth-order valence-corrected chi connectivity index (χ4v) is 2.54. The Morgan fingerprint density at radius 3 is 2.07 bits per heavy atom. The Balaban J connectivity index is 4.11. The largest absolute Gasteiger partial charge is 0.417 e. The van der Waals surface area contributed by atoms with Crippen LogP contribution in [0.2, 0.25) is 18.1 Å². The van der Waals surface area contributed by atoms with E-state index in [1.165, 1.54) is 6.42 Å². The van der Waals surface area contributed by atoms with Crippen molar-refractivity contribution in [1.82, 2.24) is 0 Å². The molecule has 0 aromatic rings. The first-order valence-corrected chi connectivity index (χ1v) is 9.47. The summed E-state index contributed by atoms with van der Waals surface area (Å²) in [5.74, 6) is 0.670. The summed E-state index contributed by atoms with van der Waals surface area (Å²) < 4.78 is 6.15. The van der Waals surface area contributed by atoms with Gasteiger partial charge >= 0.3 is 0 Å². The smallest absolute Gasteiger partial charge is 0.191 e. The van der Waals surface area contributed by atoms with E-state index in [1.807, 2.05) is 0 Å². The van der Waals surface area contributed by atoms with E-state index in [0.717, 1.165) is 11.9 Å². The molecule has 0 N–H and O–H groups in total. The van der Waals surface area contributed by atoms with Crippen LogP contribution in [0, 0.1) is 5.92 Å². The molecule has 0 heterocycles. The molecular weight excluding hydrogens is 256 g/mol. The predicted octanol–water partition coefficient (Wildman–Crippen LogP) is 4.43. The zero-order valence-corrected chi connectivity index (χ0v) is 13.1. The van der Waals surface area contributed by atoms with Crippen molar-refractivity contribution in [2.24, 2.45) is 5.92 Å². The van der Waals surface area contributed by atoms with Crippen molar-refractivity contribution >= 4 is 24.2 Å². The second-order valence-electron chi connectivity index (χ2n) is 5.50. The van der Waals surface area contributed by atoms with Crippen LogP contribution in [0.3, 0.4) is 0 Å². The van der Waals surface area contributed by atoms with E-state index in [0.29, 0.717) is 11.0 Å². The third kappa shape index (κ3) is 4.45. The molecule has 0 aromatic carbocycles. The fraction of sp³-hybridized carbons (Fsp3) is 1.00. The lowest BCUT2D eigenvalue weighted by Gasteiger charge is -2.37. The van der Waals surface area contributed by atoms with Crippen molar-refractivity contribution in [3.8, 4) is 0 Å². The van der Waals surface area contributed by atoms with Gasteiger partial charge in [-0.05, 0) is 24.1 Å². The SMILES string of the molecule is CC[C@@H](CBr)CO[Si](C)(C)C(C)(C)C. The van der Waals surface area contributed by atoms with Crippen LogP contribution in [0.25, 0.3) is 0 Å². The van der Waals surface area contributed by atoms with Gasteiger partial charge in [0.2, 0.25) is 0 Å². The molecule has 0 spiro atoms. The minimum atomic E-state index is -1.52. The molecule has 0 aliphatic carbocycles. The van der Waals surface area contributed by atoms with Crippen LogP contribution in [0.15, 0.2) is 0 Å². The third-order valence-corrected chi connectivity index (χ3v) is 8.70. The number of hydrogen-bond donors (Lipinski definition) is 0. The van der Waals surface area contributed by atoms with Crippen molar-refractivity contribution in [1.29, 1.82) is 0 Å². The van der Waals surface area contributed by atoms with Gasteiger partial charge in [-0.1, -0.05) is 50.0 Å². The summed E-state index contributed by atoms with van der Waals surface area (Å²) in [5.41, 5.74) is 0. The molecule has 0 saturated carbocycles. The standard InChI is InChI=1S/C11H25BrOSi/c1-7-10(8-12)9-13-14(5,6)11(2,3)4/h10H,7-9H2,1-6H3/t10-/m0/s1. The molecule has 0 radical (unpaired) electrons. The maximum absolute atomic E-state index is 6.15. The highest BCUT2D eigenvalue weighted by atomic mass is 79.9. The quantitative estimate of drug-likeness (QED) is 0.535. The van der Waals surface area contributed by atoms with E-state index >= 15 is 0 Å². The van der Waals surface area contributed by atoms with Crippen molar-refractivity contribution in [3.63, 3.8) is 0 Å². The van der Waals surface area contributed by atoms with Crippen molar-refractivity contribution in [2.75, 3.05) is 11.9 Å². The molecule has 0 bridgehead atoms. The molecule has 0 amide bonds. The summed E-state index contributed by atoms with van der Waals surface area (Å²) >= 11 is 3.53. The molecule has 0 aliphatic rings. The fourth-order valence-electron chi connectivity index (χ4n) is 0.814. The van der Waals surface area contributed by atoms with Gasteiger partial charge in [-0.25, -0.2) is 0 Å². The first-order valence-electron chi connectivity index (χ1n) is 5.44. The van der Waals surface area contributed by atoms with Crippen LogP contribution in [0.1, 0.15) is 34.1 Å². The molecule has 0 fully saturated rings. The molecule has 1 nitrogen and oxygen atoms in total. The predicted molar refractivity (Wildman–Crippen MR) is 70.7 cm³/mol. The van der Waals surface area contributed by atoms with Crippen LogP contribution >= 0.6 is 15.9 Å². The maximum Gasteiger partial charge on any atom is 0.191 e. The van der Waals surface area contributed by atoms with Crippen molar-refractivity contribution in [3.05, 3.63) is 0 Å². The van der Waals surface area contributed by atoms with Crippen LogP contribution in [0.4, 0.5) is 0 Å². The molecule has 0 unspecified atom stereocenters. The lowest BCUT2D eigenvalue weighted by Crippen LogP contribution is -2.42. The minimum absolute atomic E-state index is 0.331. The average Bonchev–Trinajstić information content (AvgIpc) is 2.04. The van der Waals surface area contributed by atoms with Crippen LogP contribution in [0.5, 0.6) is 0 Å². The maximum atomic E-state index is 6.15. The lowest BCUT2D eigenvalue weighted by atomic mass is 10.1. The molecule has 14 heavy (non-hydrogen) atoms. The second-order valence-corrected chi connectivity index (χ2v) is 11.0. The molecular formula is C11H25BrOSi. The monoisotopic (exact) mass is 280 g/mol. The lowest BCUT2D eigenvalue weighted by molar-refractivity contribution is 0.237. The van der Waals surface area contributed by atoms with E-state index in [2.05, 4.69) is 56.7 Å². The van der Waals surface area contributed by atoms with Gasteiger partial charge in [-0.15, -0.1) is 0 Å². The van der Waals surface area contributed by atoms with Gasteiger partial charge in [0.15, 0.2) is 8.32 Å². The molecule has 1 atom stereocenters. The first-order chi connectivity index (χ1) is 6.24. The summed E-state index contributed by atoms with van der Waals surface area (Å²) in [6.07, 6.45) is 1.19. The Kier molecular flexibility index (Phi) is 5.93. The molecule has 0 aliphatic heterocycles. The molecule has 0 rings (SSSR count). The molecule has 86 valence electrons. The Morgan fingerprint density at radius 2 is 1.79 bits per heavy atom. The van der Waals surface area contributed by atoms with E-state index in [-0.39, 0.29) is 0 Å². The Labute approximate surface area is 98.9 Å². The Bertz CT molecular complexity index is 159. The summed E-state index contributed by atoms with van der Waals surface area (Å²) in [5, 5.41) is 1.38. The van der Waals surface area contributed by atoms with Gasteiger partial charge < -0.3 is 4.43 Å². The Morgan fingerprint density at radius 1 is 1.29 bits per heavy atom. The summed E-state index contributed by atoms with van der Waals surface area (Å²) in [6.45, 7) is 14.6. The van der Waals surface area contributed by atoms with E-state index in [1.54, 1.807) is 0 Å². The minimum Gasteiger partial charge on any atom is -0.417 e. The summed E-state index contributed by atoms with van der Waals surface area (Å²) in [7, 11) is -1.52. The highest BCUT2D eigenvalue weighted by molar-refractivity contribution is 9.09. The Hall–Kier alpha value is 0.657. The number of halogens is 1. The van der Waals surface area contributed by atoms with Gasteiger partial charge in [0.25, 0.3) is 0 Å². The number of rotatable bonds is 5. The van der Waals surface area contributed by atoms with E-state index in [4.69, 9.17) is 4.43 Å². The number of hydrogen-bond acceptors (Lipinski definition) is 1. The second kappa shape index (κ2) is 5.66. The van der Waals surface area contributed by atoms with E-state index < -0.39 is 8.32 Å². The van der Waals surface area contributed by atoms with Crippen LogP contribution in [-0.2, 0) is 4.43 Å². The zero-order valence-electron chi connectivity index (χ0n) is 10.5. The van der Waals surface area contributed by atoms with Crippen molar-refractivity contribution < 1.29 is 4.43 Å². The molecule has 0 aromatic heterocycles. The van der Waals surface area contributed by atoms with Crippen LogP contribution in [-0.4, -0.2) is 20.3 Å².